The van der Waals surface area contributed by atoms with Crippen LogP contribution in [0.3, 0.4) is 0 Å². The minimum absolute atomic E-state index is 0.0156. The fraction of sp³-hybridized carbons (Fsp3) is 0.583. The van der Waals surface area contributed by atoms with Crippen LogP contribution in [0, 0.1) is 19.3 Å². The van der Waals surface area contributed by atoms with E-state index in [1.807, 2.05) is 13.8 Å². The van der Waals surface area contributed by atoms with Gasteiger partial charge in [0.25, 0.3) is 0 Å². The van der Waals surface area contributed by atoms with Gasteiger partial charge in [-0.05, 0) is 19.8 Å². The van der Waals surface area contributed by atoms with E-state index in [-0.39, 0.29) is 10.0 Å². The molecule has 0 aliphatic heterocycles. The van der Waals surface area contributed by atoms with Crippen molar-refractivity contribution in [3.05, 3.63) is 10.8 Å². The van der Waals surface area contributed by atoms with Crippen LogP contribution in [-0.2, 0) is 17.1 Å². The minimum atomic E-state index is -3.80. The number of nitrogens with zero attached hydrogens (tertiary/aromatic N) is 2. The van der Waals surface area contributed by atoms with Gasteiger partial charge in [-0.2, -0.15) is 9.82 Å². The van der Waals surface area contributed by atoms with Gasteiger partial charge in [0.2, 0.25) is 10.0 Å². The summed E-state index contributed by atoms with van der Waals surface area (Å²) in [6, 6.07) is 0. The Morgan fingerprint density at radius 3 is 2.32 bits per heavy atom. The van der Waals surface area contributed by atoms with Crippen molar-refractivity contribution in [2.45, 2.75) is 44.0 Å². The van der Waals surface area contributed by atoms with E-state index in [9.17, 15) is 8.42 Å². The van der Waals surface area contributed by atoms with Gasteiger partial charge in [0.05, 0.1) is 11.2 Å². The van der Waals surface area contributed by atoms with Crippen LogP contribution in [0.15, 0.2) is 4.90 Å². The molecule has 0 bridgehead atoms. The summed E-state index contributed by atoms with van der Waals surface area (Å²) in [4.78, 5) is -0.0156. The minimum Gasteiger partial charge on any atom is -0.255 e. The van der Waals surface area contributed by atoms with Crippen molar-refractivity contribution in [1.82, 2.24) is 14.5 Å². The second-order valence-corrected chi connectivity index (χ2v) is 6.35. The maximum absolute atomic E-state index is 12.4. The molecular formula is C12H18ClN3O2S. The molecule has 0 aromatic carbocycles. The maximum Gasteiger partial charge on any atom is 0.246 e. The van der Waals surface area contributed by atoms with Gasteiger partial charge in [-0.25, -0.2) is 8.42 Å². The van der Waals surface area contributed by atoms with E-state index in [1.165, 1.54) is 4.68 Å². The highest BCUT2D eigenvalue weighted by molar-refractivity contribution is 7.89. The smallest absolute Gasteiger partial charge is 0.246 e. The summed E-state index contributed by atoms with van der Waals surface area (Å²) in [5.41, 5.74) is -0.553. The Labute approximate surface area is 119 Å². The van der Waals surface area contributed by atoms with Crippen LogP contribution in [0.1, 0.15) is 32.4 Å². The first-order valence-corrected chi connectivity index (χ1v) is 7.80. The summed E-state index contributed by atoms with van der Waals surface area (Å²) in [5, 5.41) is 4.07. The lowest BCUT2D eigenvalue weighted by Gasteiger charge is -2.26. The maximum atomic E-state index is 12.4. The molecule has 0 unspecified atom stereocenters. The summed E-state index contributed by atoms with van der Waals surface area (Å²) in [5.74, 6) is 2.53. The lowest BCUT2D eigenvalue weighted by molar-refractivity contribution is 0.451. The van der Waals surface area contributed by atoms with Crippen molar-refractivity contribution in [3.8, 4) is 12.3 Å². The lowest BCUT2D eigenvalue weighted by atomic mass is 9.96. The van der Waals surface area contributed by atoms with Crippen LogP contribution in [-0.4, -0.2) is 23.7 Å². The number of hydrogen-bond donors (Lipinski definition) is 1. The fourth-order valence-electron chi connectivity index (χ4n) is 1.85. The van der Waals surface area contributed by atoms with Crippen molar-refractivity contribution < 1.29 is 8.42 Å². The van der Waals surface area contributed by atoms with Crippen LogP contribution in [0.4, 0.5) is 0 Å². The number of nitrogens with one attached hydrogen (secondary N) is 1. The van der Waals surface area contributed by atoms with Gasteiger partial charge in [-0.1, -0.05) is 31.4 Å². The van der Waals surface area contributed by atoms with Gasteiger partial charge in [0, 0.05) is 7.05 Å². The zero-order chi connectivity index (χ0) is 14.8. The third-order valence-corrected chi connectivity index (χ3v) is 5.41. The van der Waals surface area contributed by atoms with Gasteiger partial charge >= 0.3 is 0 Å². The molecule has 106 valence electrons. The largest absolute Gasteiger partial charge is 0.255 e. The molecule has 1 N–H and O–H groups in total. The Bertz CT molecular complexity index is 610. The normalized spacial score (nSPS) is 12.4. The fourth-order valence-corrected chi connectivity index (χ4v) is 4.08. The molecule has 0 fully saturated rings. The molecule has 1 aromatic rings. The molecule has 0 aliphatic carbocycles. The Morgan fingerprint density at radius 2 is 2.00 bits per heavy atom. The van der Waals surface area contributed by atoms with Gasteiger partial charge in [0.1, 0.15) is 10.0 Å². The van der Waals surface area contributed by atoms with E-state index in [2.05, 4.69) is 15.7 Å². The molecule has 0 aliphatic rings. The first-order valence-electron chi connectivity index (χ1n) is 5.93. The second-order valence-electron chi connectivity index (χ2n) is 4.37. The second kappa shape index (κ2) is 5.53. The number of aryl methyl sites for hydroxylation is 2. The zero-order valence-electron chi connectivity index (χ0n) is 11.5. The highest BCUT2D eigenvalue weighted by Crippen LogP contribution is 2.26. The molecule has 0 atom stereocenters. The molecule has 7 heteroatoms. The molecule has 0 amide bonds. The van der Waals surface area contributed by atoms with Crippen LogP contribution in [0.25, 0.3) is 0 Å². The number of terminal acetylenes is 1. The van der Waals surface area contributed by atoms with Gasteiger partial charge in [-0.15, -0.1) is 6.42 Å². The quantitative estimate of drug-likeness (QED) is 0.844. The van der Waals surface area contributed by atoms with E-state index < -0.39 is 15.6 Å². The van der Waals surface area contributed by atoms with Crippen LogP contribution in [0.5, 0.6) is 0 Å². The first kappa shape index (κ1) is 16.0. The Morgan fingerprint density at radius 1 is 1.47 bits per heavy atom. The number of halogens is 1. The third kappa shape index (κ3) is 2.94. The molecule has 1 rings (SSSR count). The molecule has 0 saturated heterocycles. The summed E-state index contributed by atoms with van der Waals surface area (Å²) >= 11 is 5.99. The van der Waals surface area contributed by atoms with Crippen molar-refractivity contribution in [2.24, 2.45) is 7.05 Å². The molecule has 19 heavy (non-hydrogen) atoms. The average molecular weight is 304 g/mol. The van der Waals surface area contributed by atoms with E-state index in [4.69, 9.17) is 18.0 Å². The van der Waals surface area contributed by atoms with Crippen LogP contribution in [0.2, 0.25) is 5.15 Å². The standard InChI is InChI=1S/C12H18ClN3O2S/c1-6-12(7-2,8-3)15-19(17,18)10-9(4)14-16(5)11(10)13/h1,15H,7-8H2,2-5H3. The van der Waals surface area contributed by atoms with E-state index in [0.29, 0.717) is 18.5 Å². The summed E-state index contributed by atoms with van der Waals surface area (Å²) in [6.07, 6.45) is 6.46. The highest BCUT2D eigenvalue weighted by atomic mass is 35.5. The predicted molar refractivity (Wildman–Crippen MR) is 75.4 cm³/mol. The van der Waals surface area contributed by atoms with Crippen LogP contribution < -0.4 is 4.72 Å². The molecule has 1 heterocycles. The molecule has 0 spiro atoms. The number of rotatable bonds is 5. The van der Waals surface area contributed by atoms with Crippen molar-refractivity contribution in [3.63, 3.8) is 0 Å². The predicted octanol–water partition coefficient (Wildman–Crippen LogP) is 1.85. The number of sulfonamides is 1. The Hall–Kier alpha value is -1.03. The molecule has 1 aromatic heterocycles. The van der Waals surface area contributed by atoms with Gasteiger partial charge < -0.3 is 0 Å². The van der Waals surface area contributed by atoms with Gasteiger partial charge in [-0.3, -0.25) is 4.68 Å². The summed E-state index contributed by atoms with van der Waals surface area (Å²) < 4.78 is 28.8. The molecular weight excluding hydrogens is 286 g/mol. The van der Waals surface area contributed by atoms with Gasteiger partial charge in [0.15, 0.2) is 0 Å². The third-order valence-electron chi connectivity index (χ3n) is 3.18. The van der Waals surface area contributed by atoms with E-state index >= 15 is 0 Å². The first-order chi connectivity index (χ1) is 8.73. The molecule has 0 saturated carbocycles. The molecule has 5 nitrogen and oxygen atoms in total. The van der Waals surface area contributed by atoms with Crippen molar-refractivity contribution >= 4 is 21.6 Å². The number of aromatic nitrogens is 2. The van der Waals surface area contributed by atoms with Crippen LogP contribution >= 0.6 is 11.6 Å². The van der Waals surface area contributed by atoms with E-state index in [1.54, 1.807) is 14.0 Å². The lowest BCUT2D eigenvalue weighted by Crippen LogP contribution is -2.46. The summed E-state index contributed by atoms with van der Waals surface area (Å²) in [7, 11) is -2.22. The Balaban J connectivity index is 3.30. The highest BCUT2D eigenvalue weighted by Gasteiger charge is 2.33. The van der Waals surface area contributed by atoms with E-state index in [0.717, 1.165) is 0 Å². The van der Waals surface area contributed by atoms with Crippen molar-refractivity contribution in [2.75, 3.05) is 0 Å². The summed E-state index contributed by atoms with van der Waals surface area (Å²) in [6.45, 7) is 5.27. The van der Waals surface area contributed by atoms with Crippen molar-refractivity contribution in [1.29, 1.82) is 0 Å². The number of hydrogen-bond acceptors (Lipinski definition) is 3. The SMILES string of the molecule is C#CC(CC)(CC)NS(=O)(=O)c1c(C)nn(C)c1Cl. The average Bonchev–Trinajstić information content (AvgIpc) is 2.61. The Kier molecular flexibility index (Phi) is 4.67. The monoisotopic (exact) mass is 303 g/mol. The molecule has 0 radical (unpaired) electrons. The zero-order valence-corrected chi connectivity index (χ0v) is 13.1. The topological polar surface area (TPSA) is 64.0 Å².